The molecule has 1 aliphatic carbocycles. The van der Waals surface area contributed by atoms with E-state index in [9.17, 15) is 8.42 Å². The third kappa shape index (κ3) is 4.06. The SMILES string of the molecule is CCCNCc1sccc1S(=O)(=O)NC1CCC(C)C1C. The zero-order valence-corrected chi connectivity index (χ0v) is 14.7. The van der Waals surface area contributed by atoms with E-state index < -0.39 is 10.0 Å². The minimum absolute atomic E-state index is 0.0707. The summed E-state index contributed by atoms with van der Waals surface area (Å²) < 4.78 is 28.2. The van der Waals surface area contributed by atoms with E-state index in [0.29, 0.717) is 23.3 Å². The molecule has 3 unspecified atom stereocenters. The molecule has 1 aromatic heterocycles. The number of sulfonamides is 1. The van der Waals surface area contributed by atoms with Crippen molar-refractivity contribution in [1.82, 2.24) is 10.0 Å². The molecule has 0 bridgehead atoms. The first-order valence-electron chi connectivity index (χ1n) is 7.75. The van der Waals surface area contributed by atoms with E-state index in [1.807, 2.05) is 5.38 Å². The molecule has 1 saturated carbocycles. The van der Waals surface area contributed by atoms with Crippen molar-refractivity contribution < 1.29 is 8.42 Å². The highest BCUT2D eigenvalue weighted by molar-refractivity contribution is 7.89. The van der Waals surface area contributed by atoms with Gasteiger partial charge >= 0.3 is 0 Å². The minimum atomic E-state index is -3.40. The first kappa shape index (κ1) is 16.9. The molecule has 1 aliphatic rings. The third-order valence-electron chi connectivity index (χ3n) is 4.48. The van der Waals surface area contributed by atoms with Crippen molar-refractivity contribution in [2.75, 3.05) is 6.54 Å². The summed E-state index contributed by atoms with van der Waals surface area (Å²) in [6.45, 7) is 7.97. The van der Waals surface area contributed by atoms with Gasteiger partial charge in [0.1, 0.15) is 0 Å². The normalized spacial score (nSPS) is 26.3. The summed E-state index contributed by atoms with van der Waals surface area (Å²) in [5, 5.41) is 5.14. The molecule has 1 aromatic rings. The molecule has 3 atom stereocenters. The first-order valence-corrected chi connectivity index (χ1v) is 10.1. The van der Waals surface area contributed by atoms with E-state index in [1.54, 1.807) is 6.07 Å². The topological polar surface area (TPSA) is 58.2 Å². The van der Waals surface area contributed by atoms with Crippen LogP contribution < -0.4 is 10.0 Å². The average Bonchev–Trinajstić information content (AvgIpc) is 3.02. The van der Waals surface area contributed by atoms with Crippen LogP contribution in [0, 0.1) is 11.8 Å². The molecule has 1 heterocycles. The van der Waals surface area contributed by atoms with E-state index in [0.717, 1.165) is 30.7 Å². The Morgan fingerprint density at radius 1 is 1.33 bits per heavy atom. The van der Waals surface area contributed by atoms with Crippen molar-refractivity contribution in [1.29, 1.82) is 0 Å². The van der Waals surface area contributed by atoms with Crippen LogP contribution in [0.3, 0.4) is 0 Å². The Bertz CT molecular complexity index is 554. The molecule has 0 spiro atoms. The van der Waals surface area contributed by atoms with E-state index in [2.05, 4.69) is 30.8 Å². The first-order chi connectivity index (χ1) is 9.95. The fraction of sp³-hybridized carbons (Fsp3) is 0.733. The van der Waals surface area contributed by atoms with Crippen LogP contribution >= 0.6 is 11.3 Å². The van der Waals surface area contributed by atoms with Crippen molar-refractivity contribution in [3.05, 3.63) is 16.3 Å². The zero-order chi connectivity index (χ0) is 15.5. The molecule has 4 nitrogen and oxygen atoms in total. The highest BCUT2D eigenvalue weighted by atomic mass is 32.2. The molecule has 21 heavy (non-hydrogen) atoms. The van der Waals surface area contributed by atoms with Gasteiger partial charge in [0.25, 0.3) is 0 Å². The Morgan fingerprint density at radius 2 is 2.10 bits per heavy atom. The molecule has 0 saturated heterocycles. The molecule has 0 aliphatic heterocycles. The molecule has 0 aromatic carbocycles. The van der Waals surface area contributed by atoms with Crippen LogP contribution in [-0.4, -0.2) is 21.0 Å². The lowest BCUT2D eigenvalue weighted by atomic mass is 9.98. The zero-order valence-electron chi connectivity index (χ0n) is 13.1. The van der Waals surface area contributed by atoms with Gasteiger partial charge in [-0.15, -0.1) is 11.3 Å². The van der Waals surface area contributed by atoms with Crippen LogP contribution in [0.2, 0.25) is 0 Å². The number of rotatable bonds is 7. The average molecular weight is 331 g/mol. The van der Waals surface area contributed by atoms with Gasteiger partial charge in [-0.3, -0.25) is 0 Å². The van der Waals surface area contributed by atoms with Crippen LogP contribution in [0.4, 0.5) is 0 Å². The number of thiophene rings is 1. The largest absolute Gasteiger partial charge is 0.312 e. The van der Waals surface area contributed by atoms with Gasteiger partial charge in [0.05, 0.1) is 4.90 Å². The summed E-state index contributed by atoms with van der Waals surface area (Å²) in [5.41, 5.74) is 0. The summed E-state index contributed by atoms with van der Waals surface area (Å²) in [4.78, 5) is 1.34. The van der Waals surface area contributed by atoms with Crippen LogP contribution in [0.25, 0.3) is 0 Å². The highest BCUT2D eigenvalue weighted by Crippen LogP contribution is 2.32. The predicted molar refractivity (Wildman–Crippen MR) is 88.0 cm³/mol. The van der Waals surface area contributed by atoms with E-state index in [4.69, 9.17) is 0 Å². The second kappa shape index (κ2) is 7.22. The van der Waals surface area contributed by atoms with Crippen molar-refractivity contribution in [2.24, 2.45) is 11.8 Å². The lowest BCUT2D eigenvalue weighted by Gasteiger charge is -2.19. The highest BCUT2D eigenvalue weighted by Gasteiger charge is 2.33. The van der Waals surface area contributed by atoms with Gasteiger partial charge in [0.2, 0.25) is 10.0 Å². The lowest BCUT2D eigenvalue weighted by molar-refractivity contribution is 0.402. The monoisotopic (exact) mass is 330 g/mol. The van der Waals surface area contributed by atoms with Crippen molar-refractivity contribution in [3.63, 3.8) is 0 Å². The maximum absolute atomic E-state index is 12.6. The fourth-order valence-electron chi connectivity index (χ4n) is 2.87. The molecule has 1 fully saturated rings. The summed E-state index contributed by atoms with van der Waals surface area (Å²) in [6, 6.07) is 1.79. The predicted octanol–water partition coefficient (Wildman–Crippen LogP) is 2.96. The molecule has 6 heteroatoms. The van der Waals surface area contributed by atoms with Gasteiger partial charge in [0.15, 0.2) is 0 Å². The van der Waals surface area contributed by atoms with Crippen molar-refractivity contribution in [3.8, 4) is 0 Å². The van der Waals surface area contributed by atoms with Crippen LogP contribution in [0.5, 0.6) is 0 Å². The summed E-state index contributed by atoms with van der Waals surface area (Å²) in [7, 11) is -3.40. The van der Waals surface area contributed by atoms with E-state index >= 15 is 0 Å². The van der Waals surface area contributed by atoms with E-state index in [-0.39, 0.29) is 6.04 Å². The van der Waals surface area contributed by atoms with Gasteiger partial charge in [0, 0.05) is 17.5 Å². The molecule has 0 radical (unpaired) electrons. The molecular weight excluding hydrogens is 304 g/mol. The Labute approximate surface area is 132 Å². The van der Waals surface area contributed by atoms with Crippen LogP contribution in [-0.2, 0) is 16.6 Å². The second-order valence-electron chi connectivity index (χ2n) is 6.03. The lowest BCUT2D eigenvalue weighted by Crippen LogP contribution is -2.37. The number of nitrogens with one attached hydrogen (secondary N) is 2. The van der Waals surface area contributed by atoms with Crippen molar-refractivity contribution in [2.45, 2.75) is 57.5 Å². The summed E-state index contributed by atoms with van der Waals surface area (Å²) in [6.07, 6.45) is 3.08. The number of hydrogen-bond acceptors (Lipinski definition) is 4. The third-order valence-corrected chi connectivity index (χ3v) is 7.10. The van der Waals surface area contributed by atoms with Gasteiger partial charge in [-0.2, -0.15) is 0 Å². The van der Waals surface area contributed by atoms with Crippen LogP contribution in [0.15, 0.2) is 16.3 Å². The molecule has 2 rings (SSSR count). The van der Waals surface area contributed by atoms with E-state index in [1.165, 1.54) is 11.3 Å². The molecular formula is C15H26N2O2S2. The Morgan fingerprint density at radius 3 is 2.71 bits per heavy atom. The Balaban J connectivity index is 2.07. The second-order valence-corrected chi connectivity index (χ2v) is 8.71. The maximum Gasteiger partial charge on any atom is 0.241 e. The maximum atomic E-state index is 12.6. The summed E-state index contributed by atoms with van der Waals surface area (Å²) >= 11 is 1.50. The molecule has 0 amide bonds. The summed E-state index contributed by atoms with van der Waals surface area (Å²) in [5.74, 6) is 0.992. The van der Waals surface area contributed by atoms with Gasteiger partial charge in [-0.25, -0.2) is 13.1 Å². The minimum Gasteiger partial charge on any atom is -0.312 e. The Hall–Kier alpha value is -0.430. The number of hydrogen-bond donors (Lipinski definition) is 2. The molecule has 120 valence electrons. The van der Waals surface area contributed by atoms with Gasteiger partial charge in [-0.1, -0.05) is 20.8 Å². The van der Waals surface area contributed by atoms with Crippen molar-refractivity contribution >= 4 is 21.4 Å². The Kier molecular flexibility index (Phi) is 5.82. The van der Waals surface area contributed by atoms with Gasteiger partial charge in [-0.05, 0) is 49.1 Å². The molecule has 2 N–H and O–H groups in total. The van der Waals surface area contributed by atoms with Crippen LogP contribution in [0.1, 0.15) is 44.9 Å². The fourth-order valence-corrected chi connectivity index (χ4v) is 5.64. The smallest absolute Gasteiger partial charge is 0.241 e. The van der Waals surface area contributed by atoms with Gasteiger partial charge < -0.3 is 5.32 Å². The standard InChI is InChI=1S/C15H26N2O2S2/c1-4-8-16-10-14-15(7-9-20-14)21(18,19)17-13-6-5-11(2)12(13)3/h7,9,11-13,16-17H,4-6,8,10H2,1-3H3. The quantitative estimate of drug-likeness (QED) is 0.756.